The molecule has 2 amide bonds. The summed E-state index contributed by atoms with van der Waals surface area (Å²) in [6.45, 7) is 0. The number of nitrogens with zero attached hydrogens (tertiary/aromatic N) is 1. The fraction of sp³-hybridized carbons (Fsp3) is 0.118. The van der Waals surface area contributed by atoms with Gasteiger partial charge in [0.05, 0.1) is 17.6 Å². The number of carbonyl (C=O) groups excluding carboxylic acids is 2. The Morgan fingerprint density at radius 1 is 1.18 bits per heavy atom. The average molecular weight is 291 g/mol. The van der Waals surface area contributed by atoms with Crippen LogP contribution in [0.3, 0.4) is 0 Å². The van der Waals surface area contributed by atoms with Crippen molar-refractivity contribution in [1.29, 1.82) is 5.26 Å². The molecule has 5 heteroatoms. The van der Waals surface area contributed by atoms with Crippen molar-refractivity contribution in [1.82, 2.24) is 0 Å². The molecule has 1 aliphatic rings. The third-order valence-electron chi connectivity index (χ3n) is 3.60. The monoisotopic (exact) mass is 291 g/mol. The summed E-state index contributed by atoms with van der Waals surface area (Å²) in [5, 5.41) is 14.3. The van der Waals surface area contributed by atoms with Gasteiger partial charge in [0, 0.05) is 17.8 Å². The van der Waals surface area contributed by atoms with Crippen molar-refractivity contribution in [3.05, 3.63) is 59.7 Å². The first-order valence-electron chi connectivity index (χ1n) is 6.87. The molecule has 1 unspecified atom stereocenters. The van der Waals surface area contributed by atoms with Gasteiger partial charge in [-0.15, -0.1) is 0 Å². The zero-order valence-electron chi connectivity index (χ0n) is 11.7. The van der Waals surface area contributed by atoms with Gasteiger partial charge in [0.15, 0.2) is 0 Å². The summed E-state index contributed by atoms with van der Waals surface area (Å²) in [6.07, 6.45) is 0.0862. The van der Waals surface area contributed by atoms with E-state index in [1.807, 2.05) is 30.3 Å². The highest BCUT2D eigenvalue weighted by Crippen LogP contribution is 2.34. The number of nitriles is 1. The molecular weight excluding hydrogens is 278 g/mol. The molecule has 0 saturated heterocycles. The van der Waals surface area contributed by atoms with E-state index in [9.17, 15) is 9.59 Å². The van der Waals surface area contributed by atoms with Crippen LogP contribution in [0, 0.1) is 11.3 Å². The number of rotatable bonds is 3. The quantitative estimate of drug-likeness (QED) is 0.912. The van der Waals surface area contributed by atoms with Crippen LogP contribution in [0.1, 0.15) is 23.5 Å². The fourth-order valence-corrected chi connectivity index (χ4v) is 2.50. The molecule has 3 rings (SSSR count). The summed E-state index contributed by atoms with van der Waals surface area (Å²) in [5.41, 5.74) is 2.75. The van der Waals surface area contributed by atoms with E-state index in [4.69, 9.17) is 5.26 Å². The van der Waals surface area contributed by atoms with Gasteiger partial charge < -0.3 is 10.6 Å². The smallest absolute Gasteiger partial charge is 0.232 e. The highest BCUT2D eigenvalue weighted by molar-refractivity contribution is 6.06. The zero-order chi connectivity index (χ0) is 15.5. The van der Waals surface area contributed by atoms with Crippen LogP contribution in [0.4, 0.5) is 11.4 Å². The summed E-state index contributed by atoms with van der Waals surface area (Å²) in [5.74, 6) is -0.854. The molecule has 22 heavy (non-hydrogen) atoms. The van der Waals surface area contributed by atoms with Crippen molar-refractivity contribution in [2.45, 2.75) is 12.3 Å². The van der Waals surface area contributed by atoms with Crippen LogP contribution in [-0.2, 0) is 9.59 Å². The number of anilines is 2. The van der Waals surface area contributed by atoms with Gasteiger partial charge in [0.25, 0.3) is 0 Å². The molecule has 1 aliphatic heterocycles. The summed E-state index contributed by atoms with van der Waals surface area (Å²) in [6, 6.07) is 16.0. The van der Waals surface area contributed by atoms with Crippen LogP contribution in [-0.4, -0.2) is 11.8 Å². The largest absolute Gasteiger partial charge is 0.326 e. The van der Waals surface area contributed by atoms with E-state index in [0.29, 0.717) is 11.3 Å². The van der Waals surface area contributed by atoms with Gasteiger partial charge in [0.2, 0.25) is 11.8 Å². The fourth-order valence-electron chi connectivity index (χ4n) is 2.50. The number of hydrogen-bond donors (Lipinski definition) is 2. The van der Waals surface area contributed by atoms with E-state index in [1.165, 1.54) is 0 Å². The molecule has 0 bridgehead atoms. The average Bonchev–Trinajstić information content (AvgIpc) is 2.84. The maximum atomic E-state index is 12.1. The summed E-state index contributed by atoms with van der Waals surface area (Å²) in [7, 11) is 0. The van der Waals surface area contributed by atoms with Crippen LogP contribution < -0.4 is 10.6 Å². The summed E-state index contributed by atoms with van der Waals surface area (Å²) < 4.78 is 0. The van der Waals surface area contributed by atoms with Crippen LogP contribution >= 0.6 is 0 Å². The van der Waals surface area contributed by atoms with Crippen LogP contribution in [0.25, 0.3) is 0 Å². The highest BCUT2D eigenvalue weighted by atomic mass is 16.2. The van der Waals surface area contributed by atoms with Crippen LogP contribution in [0.5, 0.6) is 0 Å². The van der Waals surface area contributed by atoms with Gasteiger partial charge >= 0.3 is 0 Å². The number of hydrogen-bond acceptors (Lipinski definition) is 3. The first kappa shape index (κ1) is 13.8. The third kappa shape index (κ3) is 2.67. The lowest BCUT2D eigenvalue weighted by Crippen LogP contribution is -2.20. The molecule has 0 radical (unpaired) electrons. The van der Waals surface area contributed by atoms with Gasteiger partial charge in [-0.1, -0.05) is 18.2 Å². The third-order valence-corrected chi connectivity index (χ3v) is 3.60. The molecule has 0 aromatic heterocycles. The van der Waals surface area contributed by atoms with Gasteiger partial charge in [-0.2, -0.15) is 5.26 Å². The van der Waals surface area contributed by atoms with Crippen molar-refractivity contribution in [2.24, 2.45) is 0 Å². The Morgan fingerprint density at radius 2 is 1.91 bits per heavy atom. The number of amides is 2. The van der Waals surface area contributed by atoms with Crippen molar-refractivity contribution >= 4 is 23.2 Å². The molecule has 2 aromatic carbocycles. The second-order valence-electron chi connectivity index (χ2n) is 5.07. The minimum absolute atomic E-state index is 0.0862. The first-order chi connectivity index (χ1) is 10.7. The Labute approximate surface area is 127 Å². The summed E-state index contributed by atoms with van der Waals surface area (Å²) in [4.78, 5) is 24.1. The van der Waals surface area contributed by atoms with E-state index in [1.54, 1.807) is 24.3 Å². The molecule has 0 fully saturated rings. The number of fused-ring (bicyclic) bond motifs is 1. The number of para-hydroxylation sites is 1. The highest BCUT2D eigenvalue weighted by Gasteiger charge is 2.31. The maximum absolute atomic E-state index is 12.1. The zero-order valence-corrected chi connectivity index (χ0v) is 11.7. The van der Waals surface area contributed by atoms with E-state index >= 15 is 0 Å². The Balaban J connectivity index is 1.69. The van der Waals surface area contributed by atoms with Gasteiger partial charge in [0.1, 0.15) is 0 Å². The topological polar surface area (TPSA) is 82.0 Å². The van der Waals surface area contributed by atoms with Crippen LogP contribution in [0.15, 0.2) is 48.5 Å². The molecule has 5 nitrogen and oxygen atoms in total. The van der Waals surface area contributed by atoms with Gasteiger partial charge in [-0.25, -0.2) is 0 Å². The number of carbonyl (C=O) groups is 2. The number of benzene rings is 2. The predicted octanol–water partition coefficient (Wildman–Crippen LogP) is 2.62. The van der Waals surface area contributed by atoms with Gasteiger partial charge in [-0.3, -0.25) is 9.59 Å². The lowest BCUT2D eigenvalue weighted by molar-refractivity contribution is -0.122. The van der Waals surface area contributed by atoms with E-state index < -0.39 is 5.92 Å². The first-order valence-corrected chi connectivity index (χ1v) is 6.87. The van der Waals surface area contributed by atoms with E-state index in [-0.39, 0.29) is 18.2 Å². The van der Waals surface area contributed by atoms with E-state index in [0.717, 1.165) is 11.3 Å². The predicted molar refractivity (Wildman–Crippen MR) is 82.2 cm³/mol. The minimum Gasteiger partial charge on any atom is -0.326 e. The maximum Gasteiger partial charge on any atom is 0.232 e. The molecule has 108 valence electrons. The number of nitrogens with one attached hydrogen (secondary N) is 2. The standard InChI is InChI=1S/C17H13N3O2/c18-10-11-5-7-12(8-6-11)19-16(21)9-14-13-3-1-2-4-15(13)20-17(14)22/h1-8,14H,9H2,(H,19,21)(H,20,22). The van der Waals surface area contributed by atoms with Gasteiger partial charge in [-0.05, 0) is 35.9 Å². The van der Waals surface area contributed by atoms with Crippen LogP contribution in [0.2, 0.25) is 0 Å². The Morgan fingerprint density at radius 3 is 2.64 bits per heavy atom. The molecule has 0 aliphatic carbocycles. The SMILES string of the molecule is N#Cc1ccc(NC(=O)CC2C(=O)Nc3ccccc32)cc1. The minimum atomic E-state index is -0.463. The Hall–Kier alpha value is -3.13. The second-order valence-corrected chi connectivity index (χ2v) is 5.07. The van der Waals surface area contributed by atoms with E-state index in [2.05, 4.69) is 10.6 Å². The van der Waals surface area contributed by atoms with Crippen molar-refractivity contribution in [3.63, 3.8) is 0 Å². The molecule has 0 spiro atoms. The lowest BCUT2D eigenvalue weighted by Gasteiger charge is -2.09. The lowest BCUT2D eigenvalue weighted by atomic mass is 9.97. The second kappa shape index (κ2) is 5.70. The molecule has 0 saturated carbocycles. The molecule has 1 atom stereocenters. The van der Waals surface area contributed by atoms with Crippen molar-refractivity contribution in [3.8, 4) is 6.07 Å². The Kier molecular flexibility index (Phi) is 3.58. The molecule has 2 aromatic rings. The van der Waals surface area contributed by atoms with Crippen molar-refractivity contribution < 1.29 is 9.59 Å². The summed E-state index contributed by atoms with van der Waals surface area (Å²) >= 11 is 0. The normalized spacial score (nSPS) is 15.6. The molecular formula is C17H13N3O2. The molecule has 1 heterocycles. The van der Waals surface area contributed by atoms with Crippen molar-refractivity contribution in [2.75, 3.05) is 10.6 Å². The Bertz CT molecular complexity index is 775. The molecule has 2 N–H and O–H groups in total.